The van der Waals surface area contributed by atoms with Crippen LogP contribution in [0.2, 0.25) is 0 Å². The Morgan fingerprint density at radius 1 is 0.828 bits per heavy atom. The highest BCUT2D eigenvalue weighted by Crippen LogP contribution is 2.42. The highest BCUT2D eigenvalue weighted by Gasteiger charge is 2.50. The third kappa shape index (κ3) is 3.76. The Morgan fingerprint density at radius 3 is 1.97 bits per heavy atom. The van der Waals surface area contributed by atoms with Gasteiger partial charge in [-0.15, -0.1) is 0 Å². The van der Waals surface area contributed by atoms with Gasteiger partial charge in [-0.1, -0.05) is 43.7 Å². The minimum absolute atomic E-state index is 0.252. The molecule has 5 nitrogen and oxygen atoms in total. The molecule has 2 fully saturated rings. The zero-order chi connectivity index (χ0) is 20.6. The fourth-order valence-electron chi connectivity index (χ4n) is 4.77. The Labute approximate surface area is 173 Å². The summed E-state index contributed by atoms with van der Waals surface area (Å²) in [6.45, 7) is 2.09. The molecule has 0 aromatic heterocycles. The van der Waals surface area contributed by atoms with Crippen LogP contribution in [0.3, 0.4) is 0 Å². The highest BCUT2D eigenvalue weighted by atomic mass is 32.2. The SMILES string of the molecule is CCCc1ccc(S(=O)(=O)N2C3CCC2CC(S(=O)(=O)c2ccccc2)C3)cc1. The summed E-state index contributed by atoms with van der Waals surface area (Å²) in [5.41, 5.74) is 1.13. The average Bonchev–Trinajstić information content (AvgIpc) is 3.00. The van der Waals surface area contributed by atoms with Crippen LogP contribution in [-0.2, 0) is 26.3 Å². The molecule has 2 aliphatic rings. The third-order valence-electron chi connectivity index (χ3n) is 6.17. The molecule has 156 valence electrons. The maximum atomic E-state index is 13.3. The fraction of sp³-hybridized carbons (Fsp3) is 0.455. The standard InChI is InChI=1S/C22H27NO4S2/c1-2-6-17-9-13-21(14-10-17)29(26,27)23-18-11-12-19(23)16-22(15-18)28(24,25)20-7-4-3-5-8-20/h3-5,7-10,13-14,18-19,22H,2,6,11-12,15-16H2,1H3. The molecule has 2 aromatic rings. The number of sulfonamides is 1. The number of fused-ring (bicyclic) bond motifs is 2. The van der Waals surface area contributed by atoms with Crippen molar-refractivity contribution >= 4 is 19.9 Å². The molecule has 7 heteroatoms. The van der Waals surface area contributed by atoms with Gasteiger partial charge in [0.1, 0.15) is 0 Å². The van der Waals surface area contributed by atoms with Crippen molar-refractivity contribution in [3.63, 3.8) is 0 Å². The van der Waals surface area contributed by atoms with E-state index in [4.69, 9.17) is 0 Å². The maximum Gasteiger partial charge on any atom is 0.243 e. The number of hydrogen-bond acceptors (Lipinski definition) is 4. The van der Waals surface area contributed by atoms with Gasteiger partial charge < -0.3 is 0 Å². The summed E-state index contributed by atoms with van der Waals surface area (Å²) < 4.78 is 54.4. The van der Waals surface area contributed by atoms with Crippen molar-refractivity contribution in [1.29, 1.82) is 0 Å². The maximum absolute atomic E-state index is 13.3. The summed E-state index contributed by atoms with van der Waals surface area (Å²) >= 11 is 0. The van der Waals surface area contributed by atoms with E-state index >= 15 is 0 Å². The lowest BCUT2D eigenvalue weighted by atomic mass is 10.1. The van der Waals surface area contributed by atoms with Gasteiger partial charge in [0.2, 0.25) is 10.0 Å². The second kappa shape index (κ2) is 7.85. The highest BCUT2D eigenvalue weighted by molar-refractivity contribution is 7.92. The number of rotatable bonds is 6. The second-order valence-electron chi connectivity index (χ2n) is 8.07. The van der Waals surface area contributed by atoms with Gasteiger partial charge in [0.15, 0.2) is 9.84 Å². The lowest BCUT2D eigenvalue weighted by Gasteiger charge is -2.37. The minimum Gasteiger partial charge on any atom is -0.223 e. The molecular weight excluding hydrogens is 406 g/mol. The van der Waals surface area contributed by atoms with Crippen molar-refractivity contribution in [2.45, 2.75) is 72.6 Å². The van der Waals surface area contributed by atoms with E-state index in [0.717, 1.165) is 31.2 Å². The van der Waals surface area contributed by atoms with E-state index < -0.39 is 25.1 Å². The molecule has 4 rings (SSSR count). The number of aryl methyl sites for hydroxylation is 1. The zero-order valence-corrected chi connectivity index (χ0v) is 18.2. The van der Waals surface area contributed by atoms with Crippen LogP contribution in [0.4, 0.5) is 0 Å². The van der Waals surface area contributed by atoms with E-state index in [-0.39, 0.29) is 12.1 Å². The Bertz CT molecular complexity index is 1050. The Balaban J connectivity index is 1.58. The van der Waals surface area contributed by atoms with Gasteiger partial charge in [0.25, 0.3) is 0 Å². The third-order valence-corrected chi connectivity index (χ3v) is 10.4. The van der Waals surface area contributed by atoms with Gasteiger partial charge >= 0.3 is 0 Å². The Kier molecular flexibility index (Phi) is 5.57. The fourth-order valence-corrected chi connectivity index (χ4v) is 8.53. The molecule has 2 heterocycles. The smallest absolute Gasteiger partial charge is 0.223 e. The van der Waals surface area contributed by atoms with Crippen LogP contribution in [0.5, 0.6) is 0 Å². The molecule has 2 atom stereocenters. The lowest BCUT2D eigenvalue weighted by molar-refractivity contribution is 0.249. The number of nitrogens with zero attached hydrogens (tertiary/aromatic N) is 1. The second-order valence-corrected chi connectivity index (χ2v) is 12.1. The van der Waals surface area contributed by atoms with Crippen LogP contribution in [0.1, 0.15) is 44.6 Å². The van der Waals surface area contributed by atoms with Crippen LogP contribution in [0.25, 0.3) is 0 Å². The first-order valence-corrected chi connectivity index (χ1v) is 13.2. The van der Waals surface area contributed by atoms with Crippen molar-refractivity contribution in [1.82, 2.24) is 4.31 Å². The first-order chi connectivity index (χ1) is 13.8. The molecule has 0 amide bonds. The monoisotopic (exact) mass is 433 g/mol. The predicted octanol–water partition coefficient (Wildman–Crippen LogP) is 3.80. The summed E-state index contributed by atoms with van der Waals surface area (Å²) in [6.07, 6.45) is 4.10. The van der Waals surface area contributed by atoms with Crippen LogP contribution in [-0.4, -0.2) is 38.5 Å². The van der Waals surface area contributed by atoms with E-state index in [2.05, 4.69) is 6.92 Å². The molecule has 0 spiro atoms. The summed E-state index contributed by atoms with van der Waals surface area (Å²) in [4.78, 5) is 0.630. The predicted molar refractivity (Wildman–Crippen MR) is 113 cm³/mol. The van der Waals surface area contributed by atoms with E-state index in [1.807, 2.05) is 12.1 Å². The largest absolute Gasteiger partial charge is 0.243 e. The molecule has 0 aliphatic carbocycles. The van der Waals surface area contributed by atoms with E-state index in [9.17, 15) is 16.8 Å². The van der Waals surface area contributed by atoms with Crippen molar-refractivity contribution in [2.24, 2.45) is 0 Å². The first-order valence-electron chi connectivity index (χ1n) is 10.3. The van der Waals surface area contributed by atoms with Gasteiger partial charge in [-0.05, 0) is 61.9 Å². The van der Waals surface area contributed by atoms with Crippen molar-refractivity contribution in [2.75, 3.05) is 0 Å². The Morgan fingerprint density at radius 2 is 1.41 bits per heavy atom. The molecule has 0 saturated carbocycles. The average molecular weight is 434 g/mol. The van der Waals surface area contributed by atoms with E-state index in [0.29, 0.717) is 22.6 Å². The molecule has 2 bridgehead atoms. The minimum atomic E-state index is -3.62. The number of hydrogen-bond donors (Lipinski definition) is 0. The Hall–Kier alpha value is -1.70. The molecular formula is C22H27NO4S2. The molecule has 29 heavy (non-hydrogen) atoms. The van der Waals surface area contributed by atoms with Crippen molar-refractivity contribution < 1.29 is 16.8 Å². The van der Waals surface area contributed by atoms with Crippen LogP contribution in [0, 0.1) is 0 Å². The number of sulfone groups is 1. The number of piperidine rings is 1. The summed E-state index contributed by atoms with van der Waals surface area (Å²) in [7, 11) is -7.08. The summed E-state index contributed by atoms with van der Waals surface area (Å²) in [5, 5.41) is -0.527. The normalized spacial score (nSPS) is 25.2. The van der Waals surface area contributed by atoms with E-state index in [1.54, 1.807) is 46.8 Å². The van der Waals surface area contributed by atoms with Crippen LogP contribution in [0.15, 0.2) is 64.4 Å². The molecule has 2 aromatic carbocycles. The van der Waals surface area contributed by atoms with Gasteiger partial charge in [0.05, 0.1) is 15.0 Å². The van der Waals surface area contributed by atoms with Gasteiger partial charge in [-0.3, -0.25) is 0 Å². The summed E-state index contributed by atoms with van der Waals surface area (Å²) in [5.74, 6) is 0. The van der Waals surface area contributed by atoms with Gasteiger partial charge in [0, 0.05) is 12.1 Å². The van der Waals surface area contributed by atoms with Gasteiger partial charge in [-0.2, -0.15) is 4.31 Å². The topological polar surface area (TPSA) is 71.5 Å². The number of benzene rings is 2. The van der Waals surface area contributed by atoms with Crippen LogP contribution < -0.4 is 0 Å². The molecule has 2 aliphatic heterocycles. The zero-order valence-electron chi connectivity index (χ0n) is 16.6. The van der Waals surface area contributed by atoms with Crippen molar-refractivity contribution in [3.05, 3.63) is 60.2 Å². The van der Waals surface area contributed by atoms with E-state index in [1.165, 1.54) is 0 Å². The molecule has 2 unspecified atom stereocenters. The summed E-state index contributed by atoms with van der Waals surface area (Å²) in [6, 6.07) is 15.1. The van der Waals surface area contributed by atoms with Crippen molar-refractivity contribution in [3.8, 4) is 0 Å². The first kappa shape index (κ1) is 20.6. The lowest BCUT2D eigenvalue weighted by Crippen LogP contribution is -2.49. The quantitative estimate of drug-likeness (QED) is 0.695. The molecule has 2 saturated heterocycles. The molecule has 0 radical (unpaired) electrons. The van der Waals surface area contributed by atoms with Gasteiger partial charge in [-0.25, -0.2) is 16.8 Å². The molecule has 0 N–H and O–H groups in total. The van der Waals surface area contributed by atoms with Crippen LogP contribution >= 0.6 is 0 Å².